The first kappa shape index (κ1) is 44.0. The van der Waals surface area contributed by atoms with Crippen LogP contribution in [0.3, 0.4) is 0 Å². The van der Waals surface area contributed by atoms with Gasteiger partial charge in [-0.3, -0.25) is 9.59 Å². The van der Waals surface area contributed by atoms with E-state index in [9.17, 15) is 19.8 Å². The predicted octanol–water partition coefficient (Wildman–Crippen LogP) is 11.2. The maximum absolute atomic E-state index is 11.0. The second-order valence-electron chi connectivity index (χ2n) is 12.6. The fourth-order valence-corrected chi connectivity index (χ4v) is 5.77. The Morgan fingerprint density at radius 2 is 0.681 bits per heavy atom. The highest BCUT2D eigenvalue weighted by Gasteiger charge is 2.13. The minimum atomic E-state index is -0.817. The number of carbonyl (C=O) groups is 2. The Balaban J connectivity index is 0.000000856. The summed E-state index contributed by atoms with van der Waals surface area (Å²) < 4.78 is 0. The Hall–Kier alpha value is -3.02. The van der Waals surface area contributed by atoms with Crippen molar-refractivity contribution in [2.45, 2.75) is 176 Å². The van der Waals surface area contributed by atoms with Crippen LogP contribution in [0.25, 0.3) is 0 Å². The number of phenols is 2. The molecule has 6 heteroatoms. The number of aryl methyl sites for hydroxylation is 4. The van der Waals surface area contributed by atoms with Gasteiger partial charge in [0.05, 0.1) is 12.8 Å². The molecule has 2 aromatic carbocycles. The molecule has 0 saturated carbocycles. The van der Waals surface area contributed by atoms with Gasteiger partial charge in [-0.1, -0.05) is 136 Å². The highest BCUT2D eigenvalue weighted by Crippen LogP contribution is 2.30. The predicted molar refractivity (Wildman–Crippen MR) is 197 cm³/mol. The maximum Gasteiger partial charge on any atom is 0.307 e. The Morgan fingerprint density at radius 3 is 0.915 bits per heavy atom. The van der Waals surface area contributed by atoms with E-state index in [1.165, 1.54) is 38.5 Å². The van der Waals surface area contributed by atoms with E-state index in [1.54, 1.807) is 0 Å². The van der Waals surface area contributed by atoms with Crippen LogP contribution in [-0.2, 0) is 48.1 Å². The van der Waals surface area contributed by atoms with Crippen LogP contribution < -0.4 is 0 Å². The molecule has 47 heavy (non-hydrogen) atoms. The molecule has 0 saturated heterocycles. The van der Waals surface area contributed by atoms with Gasteiger partial charge in [-0.15, -0.1) is 0 Å². The highest BCUT2D eigenvalue weighted by molar-refractivity contribution is 5.71. The van der Waals surface area contributed by atoms with Crippen LogP contribution in [-0.4, -0.2) is 32.4 Å². The van der Waals surface area contributed by atoms with Gasteiger partial charge in [0.25, 0.3) is 0 Å². The molecule has 0 bridgehead atoms. The quantitative estimate of drug-likeness (QED) is 0.0885. The third-order valence-corrected chi connectivity index (χ3v) is 8.31. The van der Waals surface area contributed by atoms with Crippen molar-refractivity contribution in [3.63, 3.8) is 0 Å². The van der Waals surface area contributed by atoms with Gasteiger partial charge >= 0.3 is 11.9 Å². The van der Waals surface area contributed by atoms with Crippen molar-refractivity contribution in [3.8, 4) is 11.5 Å². The van der Waals surface area contributed by atoms with E-state index in [2.05, 4.69) is 27.7 Å². The number of aromatic hydroxyl groups is 2. The van der Waals surface area contributed by atoms with Crippen LogP contribution in [0.15, 0.2) is 24.3 Å². The molecule has 6 nitrogen and oxygen atoms in total. The van der Waals surface area contributed by atoms with E-state index in [1.807, 2.05) is 38.1 Å². The van der Waals surface area contributed by atoms with Gasteiger partial charge in [-0.25, -0.2) is 0 Å². The van der Waals surface area contributed by atoms with Crippen molar-refractivity contribution in [3.05, 3.63) is 57.6 Å². The molecule has 0 atom stereocenters. The number of unbranched alkanes of at least 4 members (excludes halogenated alkanes) is 11. The average Bonchev–Trinajstić information content (AvgIpc) is 3.04. The third-order valence-electron chi connectivity index (χ3n) is 8.31. The largest absolute Gasteiger partial charge is 0.507 e. The van der Waals surface area contributed by atoms with Crippen LogP contribution in [0.2, 0.25) is 0 Å². The van der Waals surface area contributed by atoms with E-state index in [0.717, 1.165) is 117 Å². The maximum atomic E-state index is 11.0. The van der Waals surface area contributed by atoms with E-state index in [-0.39, 0.29) is 12.8 Å². The molecule has 0 heterocycles. The molecule has 0 amide bonds. The smallest absolute Gasteiger partial charge is 0.307 e. The Kier molecular flexibility index (Phi) is 26.2. The molecule has 0 unspecified atom stereocenters. The molecular formula is C41H68O6. The van der Waals surface area contributed by atoms with E-state index < -0.39 is 11.9 Å². The molecular weight excluding hydrogens is 588 g/mol. The van der Waals surface area contributed by atoms with Crippen molar-refractivity contribution in [1.82, 2.24) is 0 Å². The van der Waals surface area contributed by atoms with Crippen molar-refractivity contribution in [2.75, 3.05) is 0 Å². The SMILES string of the molecule is CC.CCCCCCc1cc(CC(=O)O)cc(CCCCC)c1O.CCCCCCc1cc(CC(=O)O)cc(CCCCCC)c1O. The topological polar surface area (TPSA) is 115 Å². The van der Waals surface area contributed by atoms with Crippen molar-refractivity contribution < 1.29 is 30.0 Å². The molecule has 0 radical (unpaired) electrons. The van der Waals surface area contributed by atoms with E-state index in [0.29, 0.717) is 11.5 Å². The summed E-state index contributed by atoms with van der Waals surface area (Å²) in [6.07, 6.45) is 20.5. The summed E-state index contributed by atoms with van der Waals surface area (Å²) in [5, 5.41) is 39.0. The van der Waals surface area contributed by atoms with Gasteiger partial charge in [0.1, 0.15) is 11.5 Å². The Labute approximate surface area is 287 Å². The molecule has 0 aliphatic heterocycles. The van der Waals surface area contributed by atoms with Gasteiger partial charge in [-0.05, 0) is 84.7 Å². The lowest BCUT2D eigenvalue weighted by Gasteiger charge is -2.13. The summed E-state index contributed by atoms with van der Waals surface area (Å²) in [4.78, 5) is 22.0. The second-order valence-corrected chi connectivity index (χ2v) is 12.6. The first-order valence-corrected chi connectivity index (χ1v) is 18.8. The summed E-state index contributed by atoms with van der Waals surface area (Å²) >= 11 is 0. The number of carboxylic acids is 2. The number of aliphatic carboxylic acids is 2. The summed E-state index contributed by atoms with van der Waals surface area (Å²) in [7, 11) is 0. The van der Waals surface area contributed by atoms with Crippen molar-refractivity contribution >= 4 is 11.9 Å². The Morgan fingerprint density at radius 1 is 0.447 bits per heavy atom. The van der Waals surface area contributed by atoms with Gasteiger partial charge < -0.3 is 20.4 Å². The number of hydrogen-bond acceptors (Lipinski definition) is 4. The van der Waals surface area contributed by atoms with Crippen LogP contribution in [0, 0.1) is 0 Å². The fraction of sp³-hybridized carbons (Fsp3) is 0.659. The summed E-state index contributed by atoms with van der Waals surface area (Å²) in [5.41, 5.74) is 5.29. The molecule has 0 aliphatic rings. The second kappa shape index (κ2) is 28.0. The zero-order chi connectivity index (χ0) is 35.5. The van der Waals surface area contributed by atoms with Gasteiger partial charge in [0.2, 0.25) is 0 Å². The molecule has 2 aromatic rings. The molecule has 268 valence electrons. The lowest BCUT2D eigenvalue weighted by molar-refractivity contribution is -0.137. The minimum Gasteiger partial charge on any atom is -0.507 e. The monoisotopic (exact) mass is 657 g/mol. The zero-order valence-corrected chi connectivity index (χ0v) is 30.8. The van der Waals surface area contributed by atoms with Crippen LogP contribution >= 0.6 is 0 Å². The average molecular weight is 657 g/mol. The highest BCUT2D eigenvalue weighted by atomic mass is 16.4. The number of phenolic OH excluding ortho intramolecular Hbond substituents is 2. The fourth-order valence-electron chi connectivity index (χ4n) is 5.77. The van der Waals surface area contributed by atoms with Crippen LogP contribution in [0.4, 0.5) is 0 Å². The number of benzene rings is 2. The van der Waals surface area contributed by atoms with Gasteiger partial charge in [0, 0.05) is 0 Å². The number of rotatable bonds is 23. The molecule has 0 aromatic heterocycles. The lowest BCUT2D eigenvalue weighted by Crippen LogP contribution is -2.03. The summed E-state index contributed by atoms with van der Waals surface area (Å²) in [5.74, 6) is -0.847. The molecule has 0 aliphatic carbocycles. The van der Waals surface area contributed by atoms with Crippen LogP contribution in [0.5, 0.6) is 11.5 Å². The summed E-state index contributed by atoms with van der Waals surface area (Å²) in [6.45, 7) is 12.7. The van der Waals surface area contributed by atoms with Crippen LogP contribution in [0.1, 0.15) is 171 Å². The summed E-state index contributed by atoms with van der Waals surface area (Å²) in [6, 6.07) is 7.50. The van der Waals surface area contributed by atoms with Crippen molar-refractivity contribution in [2.24, 2.45) is 0 Å². The number of hydrogen-bond donors (Lipinski definition) is 4. The van der Waals surface area contributed by atoms with E-state index in [4.69, 9.17) is 10.2 Å². The first-order chi connectivity index (χ1) is 22.7. The Bertz CT molecular complexity index is 1090. The lowest BCUT2D eigenvalue weighted by atomic mass is 9.95. The number of carboxylic acid groups (broad SMARTS) is 2. The first-order valence-electron chi connectivity index (χ1n) is 18.8. The zero-order valence-electron chi connectivity index (χ0n) is 30.8. The van der Waals surface area contributed by atoms with Crippen molar-refractivity contribution in [1.29, 1.82) is 0 Å². The van der Waals surface area contributed by atoms with Gasteiger partial charge in [0.15, 0.2) is 0 Å². The minimum absolute atomic E-state index is 0.0308. The standard InChI is InChI=1S/C20H32O3.C19H30O3.C2H6/c1-3-5-7-9-11-17-13-16(15-19(21)22)14-18(20(17)23)12-10-8-6-4-2;1-3-5-7-9-11-17-13-15(14-18(20)21)12-16(19(17)22)10-8-6-4-2;1-2/h13-14,23H,3-12,15H2,1-2H3,(H,21,22);12-13,22H,3-11,14H2,1-2H3,(H,20,21);1-2H3. The molecule has 0 spiro atoms. The van der Waals surface area contributed by atoms with E-state index >= 15 is 0 Å². The van der Waals surface area contributed by atoms with Gasteiger partial charge in [-0.2, -0.15) is 0 Å². The molecule has 0 fully saturated rings. The molecule has 4 N–H and O–H groups in total. The molecule has 2 rings (SSSR count). The normalized spacial score (nSPS) is 10.5. The third kappa shape index (κ3) is 20.1.